The summed E-state index contributed by atoms with van der Waals surface area (Å²) in [4.78, 5) is 25.7. The van der Waals surface area contributed by atoms with Crippen molar-refractivity contribution >= 4 is 11.7 Å². The molecule has 1 aliphatic carbocycles. The van der Waals surface area contributed by atoms with Crippen LogP contribution in [0.15, 0.2) is 6.07 Å². The first kappa shape index (κ1) is 19.1. The number of hydrogen-bond donors (Lipinski definition) is 1. The number of likely N-dealkylation sites (tertiary alicyclic amines) is 1. The van der Waals surface area contributed by atoms with E-state index in [2.05, 4.69) is 10.2 Å². The summed E-state index contributed by atoms with van der Waals surface area (Å²) in [6.07, 6.45) is 10.3. The lowest BCUT2D eigenvalue weighted by molar-refractivity contribution is -0.128. The summed E-state index contributed by atoms with van der Waals surface area (Å²) in [5.74, 6) is 1.82. The predicted octanol–water partition coefficient (Wildman–Crippen LogP) is 3.36. The molecule has 1 amide bonds. The third kappa shape index (κ3) is 4.53. The number of carbonyl (C=O) groups excluding carboxylic acids is 1. The molecule has 6 heteroatoms. The fourth-order valence-corrected chi connectivity index (χ4v) is 4.31. The van der Waals surface area contributed by atoms with E-state index in [0.29, 0.717) is 18.6 Å². The molecule has 1 unspecified atom stereocenters. The van der Waals surface area contributed by atoms with Crippen molar-refractivity contribution in [3.8, 4) is 0 Å². The maximum Gasteiger partial charge on any atom is 0.219 e. The Labute approximate surface area is 157 Å². The molecule has 26 heavy (non-hydrogen) atoms. The van der Waals surface area contributed by atoms with Crippen molar-refractivity contribution in [2.45, 2.75) is 76.9 Å². The lowest BCUT2D eigenvalue weighted by atomic mass is 9.90. The summed E-state index contributed by atoms with van der Waals surface area (Å²) in [6, 6.07) is 2.94. The van der Waals surface area contributed by atoms with Crippen LogP contribution in [0.25, 0.3) is 0 Å². The summed E-state index contributed by atoms with van der Waals surface area (Å²) >= 11 is 0. The highest BCUT2D eigenvalue weighted by Crippen LogP contribution is 2.35. The lowest BCUT2D eigenvalue weighted by Gasteiger charge is -2.42. The summed E-state index contributed by atoms with van der Waals surface area (Å²) in [6.45, 7) is 3.27. The Morgan fingerprint density at radius 3 is 2.62 bits per heavy atom. The third-order valence-corrected chi connectivity index (χ3v) is 5.88. The van der Waals surface area contributed by atoms with Gasteiger partial charge in [0.25, 0.3) is 0 Å². The van der Waals surface area contributed by atoms with Crippen molar-refractivity contribution in [1.82, 2.24) is 19.8 Å². The van der Waals surface area contributed by atoms with Crippen LogP contribution in [0.1, 0.15) is 75.9 Å². The van der Waals surface area contributed by atoms with Crippen LogP contribution in [0.3, 0.4) is 0 Å². The van der Waals surface area contributed by atoms with Gasteiger partial charge in [0.05, 0.1) is 18.3 Å². The van der Waals surface area contributed by atoms with E-state index in [1.807, 2.05) is 20.2 Å². The van der Waals surface area contributed by atoms with Gasteiger partial charge in [-0.1, -0.05) is 25.7 Å². The standard InChI is InChI=1S/C20H33N5O/c1-15(26)24(3)14-16-13-19(21-2)23-20(22-16)18-11-7-8-12-25(18)17-9-5-4-6-10-17/h13,17-18H,4-12,14H2,1-3H3,(H,21,22,23). The molecule has 1 aromatic heterocycles. The maximum atomic E-state index is 11.6. The van der Waals surface area contributed by atoms with E-state index in [0.717, 1.165) is 30.3 Å². The monoisotopic (exact) mass is 359 g/mol. The van der Waals surface area contributed by atoms with Crippen molar-refractivity contribution in [3.63, 3.8) is 0 Å². The van der Waals surface area contributed by atoms with E-state index in [1.54, 1.807) is 11.8 Å². The number of rotatable bonds is 5. The van der Waals surface area contributed by atoms with E-state index in [-0.39, 0.29) is 5.91 Å². The number of nitrogens with one attached hydrogen (secondary N) is 1. The zero-order chi connectivity index (χ0) is 18.5. The van der Waals surface area contributed by atoms with E-state index in [1.165, 1.54) is 44.9 Å². The Morgan fingerprint density at radius 1 is 1.19 bits per heavy atom. The number of piperidine rings is 1. The minimum Gasteiger partial charge on any atom is -0.373 e. The second kappa shape index (κ2) is 8.80. The molecule has 144 valence electrons. The number of nitrogens with zero attached hydrogens (tertiary/aromatic N) is 4. The number of hydrogen-bond acceptors (Lipinski definition) is 5. The van der Waals surface area contributed by atoms with E-state index >= 15 is 0 Å². The van der Waals surface area contributed by atoms with Crippen molar-refractivity contribution in [2.24, 2.45) is 0 Å². The highest BCUT2D eigenvalue weighted by Gasteiger charge is 2.32. The Bertz CT molecular complexity index is 614. The van der Waals surface area contributed by atoms with Crippen molar-refractivity contribution in [1.29, 1.82) is 0 Å². The molecular formula is C20H33N5O. The third-order valence-electron chi connectivity index (χ3n) is 5.88. The van der Waals surface area contributed by atoms with Gasteiger partial charge in [0.15, 0.2) is 0 Å². The average molecular weight is 360 g/mol. The van der Waals surface area contributed by atoms with Gasteiger partial charge in [-0.05, 0) is 32.2 Å². The fraction of sp³-hybridized carbons (Fsp3) is 0.750. The van der Waals surface area contributed by atoms with Gasteiger partial charge in [0.1, 0.15) is 11.6 Å². The van der Waals surface area contributed by atoms with Gasteiger partial charge in [-0.3, -0.25) is 9.69 Å². The number of amides is 1. The number of anilines is 1. The van der Waals surface area contributed by atoms with Crippen molar-refractivity contribution in [3.05, 3.63) is 17.6 Å². The quantitative estimate of drug-likeness (QED) is 0.873. The van der Waals surface area contributed by atoms with Crippen LogP contribution in [0.4, 0.5) is 5.82 Å². The van der Waals surface area contributed by atoms with Crippen LogP contribution in [0, 0.1) is 0 Å². The molecule has 0 bridgehead atoms. The van der Waals surface area contributed by atoms with Gasteiger partial charge in [0, 0.05) is 33.1 Å². The minimum absolute atomic E-state index is 0.0534. The van der Waals surface area contributed by atoms with Crippen molar-refractivity contribution < 1.29 is 4.79 Å². The zero-order valence-corrected chi connectivity index (χ0v) is 16.5. The molecule has 6 nitrogen and oxygen atoms in total. The largest absolute Gasteiger partial charge is 0.373 e. The van der Waals surface area contributed by atoms with E-state index in [9.17, 15) is 4.79 Å². The van der Waals surface area contributed by atoms with Gasteiger partial charge in [0.2, 0.25) is 5.91 Å². The van der Waals surface area contributed by atoms with Crippen LogP contribution < -0.4 is 5.32 Å². The molecule has 0 radical (unpaired) electrons. The molecule has 0 spiro atoms. The van der Waals surface area contributed by atoms with Crippen LogP contribution >= 0.6 is 0 Å². The molecule has 1 atom stereocenters. The van der Waals surface area contributed by atoms with Crippen molar-refractivity contribution in [2.75, 3.05) is 26.0 Å². The normalized spacial score (nSPS) is 22.2. The van der Waals surface area contributed by atoms with Gasteiger partial charge >= 0.3 is 0 Å². The summed E-state index contributed by atoms with van der Waals surface area (Å²) in [7, 11) is 3.71. The number of carbonyl (C=O) groups is 1. The highest BCUT2D eigenvalue weighted by molar-refractivity contribution is 5.72. The summed E-state index contributed by atoms with van der Waals surface area (Å²) in [5.41, 5.74) is 0.909. The Hall–Kier alpha value is -1.69. The van der Waals surface area contributed by atoms with Crippen LogP contribution in [0.2, 0.25) is 0 Å². The zero-order valence-electron chi connectivity index (χ0n) is 16.5. The predicted molar refractivity (Wildman–Crippen MR) is 104 cm³/mol. The van der Waals surface area contributed by atoms with Crippen LogP contribution in [-0.4, -0.2) is 52.4 Å². The van der Waals surface area contributed by atoms with Crippen LogP contribution in [0.5, 0.6) is 0 Å². The molecular weight excluding hydrogens is 326 g/mol. The smallest absolute Gasteiger partial charge is 0.219 e. The summed E-state index contributed by atoms with van der Waals surface area (Å²) in [5, 5.41) is 3.17. The van der Waals surface area contributed by atoms with Crippen LogP contribution in [-0.2, 0) is 11.3 Å². The first-order chi connectivity index (χ1) is 12.6. The van der Waals surface area contributed by atoms with E-state index < -0.39 is 0 Å². The minimum atomic E-state index is 0.0534. The molecule has 1 aromatic rings. The molecule has 1 saturated carbocycles. The lowest BCUT2D eigenvalue weighted by Crippen LogP contribution is -2.43. The molecule has 2 heterocycles. The second-order valence-electron chi connectivity index (χ2n) is 7.77. The first-order valence-corrected chi connectivity index (χ1v) is 10.1. The molecule has 1 N–H and O–H groups in total. The first-order valence-electron chi connectivity index (χ1n) is 10.1. The topological polar surface area (TPSA) is 61.4 Å². The fourth-order valence-electron chi connectivity index (χ4n) is 4.31. The Kier molecular flexibility index (Phi) is 6.46. The van der Waals surface area contributed by atoms with Gasteiger partial charge in [-0.15, -0.1) is 0 Å². The van der Waals surface area contributed by atoms with E-state index in [4.69, 9.17) is 9.97 Å². The molecule has 0 aromatic carbocycles. The number of aromatic nitrogens is 2. The Balaban J connectivity index is 1.85. The molecule has 1 aliphatic heterocycles. The maximum absolute atomic E-state index is 11.6. The average Bonchev–Trinajstić information content (AvgIpc) is 2.68. The summed E-state index contributed by atoms with van der Waals surface area (Å²) < 4.78 is 0. The van der Waals surface area contributed by atoms with Gasteiger partial charge in [-0.2, -0.15) is 0 Å². The Morgan fingerprint density at radius 2 is 1.92 bits per heavy atom. The SMILES string of the molecule is CNc1cc(CN(C)C(C)=O)nc(C2CCCCN2C2CCCCC2)n1. The second-order valence-corrected chi connectivity index (χ2v) is 7.77. The van der Waals surface area contributed by atoms with Gasteiger partial charge < -0.3 is 10.2 Å². The molecule has 2 fully saturated rings. The molecule has 2 aliphatic rings. The van der Waals surface area contributed by atoms with Gasteiger partial charge in [-0.25, -0.2) is 9.97 Å². The highest BCUT2D eigenvalue weighted by atomic mass is 16.2. The molecule has 3 rings (SSSR count). The molecule has 1 saturated heterocycles.